The van der Waals surface area contributed by atoms with Gasteiger partial charge in [-0.05, 0) is 41.1 Å². The minimum absolute atomic E-state index is 0.211. The fourth-order valence-corrected chi connectivity index (χ4v) is 2.06. The molecule has 0 bridgehead atoms. The number of nitrogens with one attached hydrogen (secondary N) is 1. The van der Waals surface area contributed by atoms with Crippen LogP contribution in [0.3, 0.4) is 0 Å². The number of carbonyl (C=O) groups excluding carboxylic acids is 1. The molecule has 0 aliphatic rings. The van der Waals surface area contributed by atoms with E-state index in [0.717, 1.165) is 0 Å². The van der Waals surface area contributed by atoms with Gasteiger partial charge in [-0.25, -0.2) is 0 Å². The van der Waals surface area contributed by atoms with Gasteiger partial charge in [0.2, 0.25) is 0 Å². The van der Waals surface area contributed by atoms with Gasteiger partial charge in [0.05, 0.1) is 4.47 Å². The lowest BCUT2D eigenvalue weighted by atomic mass is 10.3. The normalized spacial score (nSPS) is 11.8. The molecule has 0 fully saturated rings. The Hall–Kier alpha value is -0.520. The maximum Gasteiger partial charge on any atom is 0.261 e. The van der Waals surface area contributed by atoms with E-state index >= 15 is 0 Å². The molecule has 0 aliphatic heterocycles. The van der Waals surface area contributed by atoms with Crippen molar-refractivity contribution in [2.45, 2.75) is 13.0 Å². The molecule has 1 aromatic carbocycles. The second-order valence-corrected chi connectivity index (χ2v) is 5.98. The van der Waals surface area contributed by atoms with Crippen LogP contribution in [-0.4, -0.2) is 18.6 Å². The van der Waals surface area contributed by atoms with Crippen LogP contribution in [0.5, 0.6) is 5.75 Å². The van der Waals surface area contributed by atoms with Gasteiger partial charge >= 0.3 is 0 Å². The largest absolute Gasteiger partial charge is 0.480 e. The fraction of sp³-hybridized carbons (Fsp3) is 0.250. The molecule has 0 radical (unpaired) electrons. The molecule has 0 aromatic heterocycles. The number of ether oxygens (including phenoxy) is 1. The Morgan fingerprint density at radius 2 is 2.28 bits per heavy atom. The van der Waals surface area contributed by atoms with Crippen molar-refractivity contribution in [3.8, 4) is 5.75 Å². The third-order valence-electron chi connectivity index (χ3n) is 2.02. The van der Waals surface area contributed by atoms with E-state index in [1.54, 1.807) is 25.1 Å². The Morgan fingerprint density at radius 3 is 2.83 bits per heavy atom. The molecule has 1 N–H and O–H groups in total. The highest BCUT2D eigenvalue weighted by Gasteiger charge is 2.15. The highest BCUT2D eigenvalue weighted by atomic mass is 79.9. The number of halogens is 3. The second-order valence-electron chi connectivity index (χ2n) is 3.57. The fourth-order valence-electron chi connectivity index (χ4n) is 1.14. The van der Waals surface area contributed by atoms with E-state index < -0.39 is 6.10 Å². The number of carbonyl (C=O) groups is 1. The van der Waals surface area contributed by atoms with Crippen LogP contribution >= 0.6 is 43.5 Å². The van der Waals surface area contributed by atoms with E-state index in [2.05, 4.69) is 43.8 Å². The molecule has 0 saturated carbocycles. The lowest BCUT2D eigenvalue weighted by molar-refractivity contribution is -0.127. The molecular weight excluding hydrogens is 385 g/mol. The van der Waals surface area contributed by atoms with Gasteiger partial charge in [-0.3, -0.25) is 4.79 Å². The third kappa shape index (κ3) is 5.00. The monoisotopic (exact) mass is 395 g/mol. The first-order valence-electron chi connectivity index (χ1n) is 5.13. The molecular formula is C12H12Br2ClNO2. The summed E-state index contributed by atoms with van der Waals surface area (Å²) < 4.78 is 6.94. The van der Waals surface area contributed by atoms with Crippen LogP contribution in [0.4, 0.5) is 0 Å². The van der Waals surface area contributed by atoms with Crippen molar-refractivity contribution in [2.24, 2.45) is 0 Å². The van der Waals surface area contributed by atoms with Gasteiger partial charge in [0, 0.05) is 16.0 Å². The van der Waals surface area contributed by atoms with Gasteiger partial charge in [-0.15, -0.1) is 0 Å². The summed E-state index contributed by atoms with van der Waals surface area (Å²) in [5.74, 6) is 0.358. The van der Waals surface area contributed by atoms with Gasteiger partial charge in [0.25, 0.3) is 5.91 Å². The van der Waals surface area contributed by atoms with Crippen LogP contribution in [0.2, 0.25) is 5.02 Å². The number of hydrogen-bond donors (Lipinski definition) is 1. The molecule has 1 atom stereocenters. The van der Waals surface area contributed by atoms with Crippen LogP contribution in [0, 0.1) is 0 Å². The van der Waals surface area contributed by atoms with Crippen molar-refractivity contribution >= 4 is 49.4 Å². The molecule has 98 valence electrons. The molecule has 18 heavy (non-hydrogen) atoms. The summed E-state index contributed by atoms with van der Waals surface area (Å²) in [6.07, 6.45) is -0.602. The molecule has 0 aliphatic carbocycles. The van der Waals surface area contributed by atoms with Crippen molar-refractivity contribution in [2.75, 3.05) is 6.54 Å². The SMILES string of the molecule is C=C(Br)CNC(=O)C(C)Oc1ccc(Cl)cc1Br. The Labute approximate surface area is 128 Å². The van der Waals surface area contributed by atoms with E-state index in [-0.39, 0.29) is 5.91 Å². The number of hydrogen-bond acceptors (Lipinski definition) is 2. The van der Waals surface area contributed by atoms with E-state index in [9.17, 15) is 4.79 Å². The molecule has 0 heterocycles. The number of rotatable bonds is 5. The topological polar surface area (TPSA) is 38.3 Å². The summed E-state index contributed by atoms with van der Waals surface area (Å²) in [5.41, 5.74) is 0. The summed E-state index contributed by atoms with van der Waals surface area (Å²) >= 11 is 12.3. The first kappa shape index (κ1) is 15.5. The maximum absolute atomic E-state index is 11.7. The van der Waals surface area contributed by atoms with Crippen LogP contribution in [0.15, 0.2) is 33.7 Å². The van der Waals surface area contributed by atoms with Gasteiger partial charge < -0.3 is 10.1 Å². The molecule has 1 amide bonds. The predicted octanol–water partition coefficient (Wildman–Crippen LogP) is 3.89. The molecule has 1 aromatic rings. The van der Waals surface area contributed by atoms with Crippen molar-refractivity contribution in [1.82, 2.24) is 5.32 Å². The molecule has 0 saturated heterocycles. The van der Waals surface area contributed by atoms with Crippen LogP contribution in [0.25, 0.3) is 0 Å². The van der Waals surface area contributed by atoms with Crippen molar-refractivity contribution in [1.29, 1.82) is 0 Å². The molecule has 0 spiro atoms. The number of amides is 1. The van der Waals surface area contributed by atoms with Gasteiger partial charge in [-0.1, -0.05) is 34.1 Å². The lowest BCUT2D eigenvalue weighted by Crippen LogP contribution is -2.36. The summed E-state index contributed by atoms with van der Waals surface area (Å²) in [6, 6.07) is 5.12. The standard InChI is InChI=1S/C12H12Br2ClNO2/c1-7(13)6-16-12(17)8(2)18-11-4-3-9(15)5-10(11)14/h3-5,8H,1,6H2,2H3,(H,16,17). The van der Waals surface area contributed by atoms with E-state index in [1.165, 1.54) is 0 Å². The highest BCUT2D eigenvalue weighted by molar-refractivity contribution is 9.11. The average Bonchev–Trinajstić information content (AvgIpc) is 2.29. The molecule has 6 heteroatoms. The summed E-state index contributed by atoms with van der Waals surface area (Å²) in [6.45, 7) is 5.68. The van der Waals surface area contributed by atoms with Crippen LogP contribution < -0.4 is 10.1 Å². The van der Waals surface area contributed by atoms with Gasteiger partial charge in [0.1, 0.15) is 5.75 Å². The van der Waals surface area contributed by atoms with Crippen molar-refractivity contribution < 1.29 is 9.53 Å². The minimum atomic E-state index is -0.602. The zero-order valence-corrected chi connectivity index (χ0v) is 13.6. The smallest absolute Gasteiger partial charge is 0.261 e. The van der Waals surface area contributed by atoms with E-state index in [0.29, 0.717) is 26.3 Å². The van der Waals surface area contributed by atoms with Crippen molar-refractivity contribution in [3.05, 3.63) is 38.8 Å². The maximum atomic E-state index is 11.7. The molecule has 1 rings (SSSR count). The Morgan fingerprint density at radius 1 is 1.61 bits per heavy atom. The Balaban J connectivity index is 2.60. The zero-order valence-electron chi connectivity index (χ0n) is 9.67. The Kier molecular flexibility index (Phi) is 6.18. The summed E-state index contributed by atoms with van der Waals surface area (Å²) in [5, 5.41) is 3.28. The predicted molar refractivity (Wildman–Crippen MR) is 80.3 cm³/mol. The summed E-state index contributed by atoms with van der Waals surface area (Å²) in [4.78, 5) is 11.7. The zero-order chi connectivity index (χ0) is 13.7. The molecule has 3 nitrogen and oxygen atoms in total. The van der Waals surface area contributed by atoms with E-state index in [1.807, 2.05) is 0 Å². The first-order valence-corrected chi connectivity index (χ1v) is 7.09. The summed E-state index contributed by atoms with van der Waals surface area (Å²) in [7, 11) is 0. The second kappa shape index (κ2) is 7.16. The van der Waals surface area contributed by atoms with Gasteiger partial charge in [0.15, 0.2) is 6.10 Å². The lowest BCUT2D eigenvalue weighted by Gasteiger charge is -2.15. The minimum Gasteiger partial charge on any atom is -0.480 e. The van der Waals surface area contributed by atoms with Crippen molar-refractivity contribution in [3.63, 3.8) is 0 Å². The third-order valence-corrected chi connectivity index (χ3v) is 3.16. The Bertz CT molecular complexity index is 465. The highest BCUT2D eigenvalue weighted by Crippen LogP contribution is 2.28. The molecule has 1 unspecified atom stereocenters. The average molecular weight is 397 g/mol. The first-order chi connectivity index (χ1) is 8.40. The van der Waals surface area contributed by atoms with Crippen LogP contribution in [0.1, 0.15) is 6.92 Å². The van der Waals surface area contributed by atoms with Crippen LogP contribution in [-0.2, 0) is 4.79 Å². The quantitative estimate of drug-likeness (QED) is 0.819. The number of benzene rings is 1. The van der Waals surface area contributed by atoms with E-state index in [4.69, 9.17) is 16.3 Å². The van der Waals surface area contributed by atoms with Gasteiger partial charge in [-0.2, -0.15) is 0 Å².